The molecule has 2 rings (SSSR count). The molecule has 0 saturated heterocycles. The fraction of sp³-hybridized carbons (Fsp3) is 0.667. The van der Waals surface area contributed by atoms with Crippen LogP contribution in [0.4, 0.5) is 0 Å². The molecule has 0 bridgehead atoms. The first-order chi connectivity index (χ1) is 9.29. The number of aromatic amines is 1. The quantitative estimate of drug-likeness (QED) is 0.734. The summed E-state index contributed by atoms with van der Waals surface area (Å²) < 4.78 is 0. The van der Waals surface area contributed by atoms with Gasteiger partial charge in [-0.15, -0.1) is 0 Å². The van der Waals surface area contributed by atoms with E-state index in [-0.39, 0.29) is 18.4 Å². The number of carbonyl (C=O) groups is 1. The van der Waals surface area contributed by atoms with Crippen molar-refractivity contribution in [1.82, 2.24) is 10.3 Å². The van der Waals surface area contributed by atoms with Crippen molar-refractivity contribution in [2.24, 2.45) is 11.8 Å². The van der Waals surface area contributed by atoms with E-state index in [2.05, 4.69) is 10.3 Å². The van der Waals surface area contributed by atoms with Crippen LogP contribution in [-0.2, 0) is 11.2 Å². The van der Waals surface area contributed by atoms with Crippen molar-refractivity contribution in [3.05, 3.63) is 24.0 Å². The second-order valence-electron chi connectivity index (χ2n) is 5.49. The van der Waals surface area contributed by atoms with Crippen molar-refractivity contribution in [2.45, 2.75) is 38.5 Å². The van der Waals surface area contributed by atoms with Crippen LogP contribution in [0.15, 0.2) is 18.5 Å². The number of hydrogen-bond donors (Lipinski definition) is 3. The Labute approximate surface area is 114 Å². The Morgan fingerprint density at radius 1 is 1.37 bits per heavy atom. The van der Waals surface area contributed by atoms with Gasteiger partial charge in [0.25, 0.3) is 0 Å². The lowest BCUT2D eigenvalue weighted by Crippen LogP contribution is -2.34. The highest BCUT2D eigenvalue weighted by Gasteiger charge is 2.25. The summed E-state index contributed by atoms with van der Waals surface area (Å²) in [5, 5.41) is 12.0. The molecule has 106 valence electrons. The molecule has 0 unspecified atom stereocenters. The van der Waals surface area contributed by atoms with E-state index in [1.54, 1.807) is 0 Å². The van der Waals surface area contributed by atoms with Gasteiger partial charge in [-0.25, -0.2) is 0 Å². The molecule has 4 heteroatoms. The molecule has 1 aliphatic carbocycles. The van der Waals surface area contributed by atoms with Gasteiger partial charge in [0.15, 0.2) is 0 Å². The topological polar surface area (TPSA) is 65.1 Å². The van der Waals surface area contributed by atoms with E-state index >= 15 is 0 Å². The second kappa shape index (κ2) is 7.34. The zero-order valence-corrected chi connectivity index (χ0v) is 11.4. The first-order valence-electron chi connectivity index (χ1n) is 7.30. The van der Waals surface area contributed by atoms with Gasteiger partial charge >= 0.3 is 0 Å². The van der Waals surface area contributed by atoms with E-state index < -0.39 is 0 Å². The van der Waals surface area contributed by atoms with Gasteiger partial charge in [0.2, 0.25) is 5.91 Å². The average molecular weight is 264 g/mol. The molecule has 1 heterocycles. The van der Waals surface area contributed by atoms with Crippen LogP contribution in [0.3, 0.4) is 0 Å². The lowest BCUT2D eigenvalue weighted by molar-refractivity contribution is -0.126. The van der Waals surface area contributed by atoms with Gasteiger partial charge in [0.05, 0.1) is 0 Å². The summed E-state index contributed by atoms with van der Waals surface area (Å²) in [4.78, 5) is 15.0. The van der Waals surface area contributed by atoms with E-state index in [0.717, 1.165) is 38.5 Å². The van der Waals surface area contributed by atoms with Gasteiger partial charge in [-0.1, -0.05) is 0 Å². The monoisotopic (exact) mass is 264 g/mol. The molecule has 0 spiro atoms. The SMILES string of the molecule is O=C(NCCc1cc[nH]c1)C1CCC(CCO)CC1. The summed E-state index contributed by atoms with van der Waals surface area (Å²) in [6, 6.07) is 2.03. The number of amides is 1. The summed E-state index contributed by atoms with van der Waals surface area (Å²) in [7, 11) is 0. The predicted molar refractivity (Wildman–Crippen MR) is 74.7 cm³/mol. The molecule has 0 atom stereocenters. The Bertz CT molecular complexity index is 368. The molecule has 1 fully saturated rings. The van der Waals surface area contributed by atoms with Gasteiger partial charge in [0.1, 0.15) is 0 Å². The zero-order chi connectivity index (χ0) is 13.5. The number of aliphatic hydroxyl groups is 1. The van der Waals surface area contributed by atoms with Crippen molar-refractivity contribution in [2.75, 3.05) is 13.2 Å². The van der Waals surface area contributed by atoms with Crippen LogP contribution in [0.5, 0.6) is 0 Å². The van der Waals surface area contributed by atoms with Crippen LogP contribution in [0, 0.1) is 11.8 Å². The van der Waals surface area contributed by atoms with Gasteiger partial charge < -0.3 is 15.4 Å². The van der Waals surface area contributed by atoms with Crippen LogP contribution in [0.2, 0.25) is 0 Å². The van der Waals surface area contributed by atoms with Crippen molar-refractivity contribution >= 4 is 5.91 Å². The van der Waals surface area contributed by atoms with Crippen LogP contribution in [0.25, 0.3) is 0 Å². The Hall–Kier alpha value is -1.29. The van der Waals surface area contributed by atoms with E-state index in [9.17, 15) is 4.79 Å². The van der Waals surface area contributed by atoms with Crippen molar-refractivity contribution in [1.29, 1.82) is 0 Å². The minimum atomic E-state index is 0.182. The van der Waals surface area contributed by atoms with Gasteiger partial charge in [-0.05, 0) is 56.1 Å². The maximum absolute atomic E-state index is 12.0. The second-order valence-corrected chi connectivity index (χ2v) is 5.49. The van der Waals surface area contributed by atoms with Gasteiger partial charge in [-0.3, -0.25) is 4.79 Å². The van der Waals surface area contributed by atoms with Crippen LogP contribution >= 0.6 is 0 Å². The molecule has 1 aliphatic rings. The molecule has 19 heavy (non-hydrogen) atoms. The van der Waals surface area contributed by atoms with Crippen LogP contribution in [0.1, 0.15) is 37.7 Å². The van der Waals surface area contributed by atoms with Gasteiger partial charge in [0, 0.05) is 31.5 Å². The maximum Gasteiger partial charge on any atom is 0.223 e. The first kappa shape index (κ1) is 14.1. The Kier molecular flexibility index (Phi) is 5.45. The molecular formula is C15H24N2O2. The summed E-state index contributed by atoms with van der Waals surface area (Å²) in [5.74, 6) is 1.01. The van der Waals surface area contributed by atoms with E-state index in [1.807, 2.05) is 18.5 Å². The molecule has 1 aromatic heterocycles. The van der Waals surface area contributed by atoms with E-state index in [1.165, 1.54) is 5.56 Å². The number of nitrogens with one attached hydrogen (secondary N) is 2. The number of aromatic nitrogens is 1. The zero-order valence-electron chi connectivity index (χ0n) is 11.4. The Morgan fingerprint density at radius 2 is 2.16 bits per heavy atom. The lowest BCUT2D eigenvalue weighted by atomic mass is 9.80. The van der Waals surface area contributed by atoms with Crippen molar-refractivity contribution in [3.63, 3.8) is 0 Å². The largest absolute Gasteiger partial charge is 0.396 e. The number of aliphatic hydroxyl groups excluding tert-OH is 1. The lowest BCUT2D eigenvalue weighted by Gasteiger charge is -2.27. The Balaban J connectivity index is 1.64. The fourth-order valence-electron chi connectivity index (χ4n) is 2.88. The summed E-state index contributed by atoms with van der Waals surface area (Å²) in [6.45, 7) is 0.992. The number of rotatable bonds is 6. The number of hydrogen-bond acceptors (Lipinski definition) is 2. The normalized spacial score (nSPS) is 23.2. The predicted octanol–water partition coefficient (Wildman–Crippen LogP) is 1.86. The molecule has 1 aromatic rings. The van der Waals surface area contributed by atoms with Crippen LogP contribution in [-0.4, -0.2) is 29.1 Å². The minimum Gasteiger partial charge on any atom is -0.396 e. The van der Waals surface area contributed by atoms with E-state index in [0.29, 0.717) is 12.5 Å². The molecule has 0 aliphatic heterocycles. The van der Waals surface area contributed by atoms with E-state index in [4.69, 9.17) is 5.11 Å². The summed E-state index contributed by atoms with van der Waals surface area (Å²) >= 11 is 0. The maximum atomic E-state index is 12.0. The number of carbonyl (C=O) groups excluding carboxylic acids is 1. The fourth-order valence-corrected chi connectivity index (χ4v) is 2.88. The molecule has 1 amide bonds. The Morgan fingerprint density at radius 3 is 2.79 bits per heavy atom. The van der Waals surface area contributed by atoms with Gasteiger partial charge in [-0.2, -0.15) is 0 Å². The third kappa shape index (κ3) is 4.39. The summed E-state index contributed by atoms with van der Waals surface area (Å²) in [5.41, 5.74) is 1.23. The number of H-pyrrole nitrogens is 1. The van der Waals surface area contributed by atoms with Crippen molar-refractivity contribution in [3.8, 4) is 0 Å². The third-order valence-electron chi connectivity index (χ3n) is 4.13. The molecule has 0 aromatic carbocycles. The molecule has 1 saturated carbocycles. The minimum absolute atomic E-state index is 0.182. The smallest absolute Gasteiger partial charge is 0.223 e. The third-order valence-corrected chi connectivity index (χ3v) is 4.13. The highest BCUT2D eigenvalue weighted by Crippen LogP contribution is 2.30. The standard InChI is InChI=1S/C15H24N2O2/c18-10-7-12-1-3-14(4-2-12)15(19)17-9-6-13-5-8-16-11-13/h5,8,11-12,14,16,18H,1-4,6-7,9-10H2,(H,17,19). The molecule has 4 nitrogen and oxygen atoms in total. The highest BCUT2D eigenvalue weighted by atomic mass is 16.3. The molecular weight excluding hydrogens is 240 g/mol. The average Bonchev–Trinajstić information content (AvgIpc) is 2.93. The summed E-state index contributed by atoms with van der Waals surface area (Å²) in [6.07, 6.45) is 9.75. The highest BCUT2D eigenvalue weighted by molar-refractivity contribution is 5.78. The van der Waals surface area contributed by atoms with Crippen LogP contribution < -0.4 is 5.32 Å². The molecule has 3 N–H and O–H groups in total. The van der Waals surface area contributed by atoms with Crippen molar-refractivity contribution < 1.29 is 9.90 Å². The first-order valence-corrected chi connectivity index (χ1v) is 7.30. The molecule has 0 radical (unpaired) electrons.